The van der Waals surface area contributed by atoms with Gasteiger partial charge in [0.2, 0.25) is 0 Å². The number of carbonyl (C=O) groups is 2. The monoisotopic (exact) mass is 373 g/mol. The van der Waals surface area contributed by atoms with Crippen molar-refractivity contribution in [1.29, 1.82) is 0 Å². The number of anilines is 1. The van der Waals surface area contributed by atoms with Crippen molar-refractivity contribution in [1.82, 2.24) is 10.3 Å². The first-order chi connectivity index (χ1) is 13.7. The van der Waals surface area contributed by atoms with E-state index in [2.05, 4.69) is 22.2 Å². The molecule has 6 nitrogen and oxygen atoms in total. The summed E-state index contributed by atoms with van der Waals surface area (Å²) < 4.78 is 5.84. The SMILES string of the molecule is C=CCNC(=O)c1ccnc(C(=O)Nc2ccccc2Oc2ccccc2)c1. The third-order valence-electron chi connectivity index (χ3n) is 3.77. The lowest BCUT2D eigenvalue weighted by atomic mass is 10.2. The van der Waals surface area contributed by atoms with Gasteiger partial charge in [0.1, 0.15) is 11.4 Å². The van der Waals surface area contributed by atoms with Crippen molar-refractivity contribution < 1.29 is 14.3 Å². The van der Waals surface area contributed by atoms with Gasteiger partial charge in [-0.15, -0.1) is 6.58 Å². The van der Waals surface area contributed by atoms with E-state index in [1.54, 1.807) is 30.3 Å². The van der Waals surface area contributed by atoms with Crippen molar-refractivity contribution in [2.45, 2.75) is 0 Å². The van der Waals surface area contributed by atoms with Crippen LogP contribution >= 0.6 is 0 Å². The van der Waals surface area contributed by atoms with Gasteiger partial charge in [-0.25, -0.2) is 0 Å². The van der Waals surface area contributed by atoms with Crippen molar-refractivity contribution in [3.05, 3.63) is 96.8 Å². The van der Waals surface area contributed by atoms with E-state index in [1.807, 2.05) is 36.4 Å². The Morgan fingerprint density at radius 3 is 2.54 bits per heavy atom. The van der Waals surface area contributed by atoms with Gasteiger partial charge in [0, 0.05) is 18.3 Å². The van der Waals surface area contributed by atoms with E-state index in [0.717, 1.165) is 0 Å². The maximum atomic E-state index is 12.6. The molecule has 2 N–H and O–H groups in total. The summed E-state index contributed by atoms with van der Waals surface area (Å²) in [6.07, 6.45) is 3.00. The fraction of sp³-hybridized carbons (Fsp3) is 0.0455. The highest BCUT2D eigenvalue weighted by Gasteiger charge is 2.14. The lowest BCUT2D eigenvalue weighted by molar-refractivity contribution is 0.0958. The van der Waals surface area contributed by atoms with E-state index in [0.29, 0.717) is 29.3 Å². The zero-order valence-electron chi connectivity index (χ0n) is 15.1. The predicted octanol–water partition coefficient (Wildman–Crippen LogP) is 4.04. The lowest BCUT2D eigenvalue weighted by Crippen LogP contribution is -2.24. The molecule has 0 fully saturated rings. The molecule has 0 saturated heterocycles. The van der Waals surface area contributed by atoms with Crippen molar-refractivity contribution in [2.75, 3.05) is 11.9 Å². The van der Waals surface area contributed by atoms with E-state index in [4.69, 9.17) is 4.74 Å². The van der Waals surface area contributed by atoms with Crippen LogP contribution in [0.4, 0.5) is 5.69 Å². The van der Waals surface area contributed by atoms with Gasteiger partial charge in [-0.3, -0.25) is 14.6 Å². The molecule has 0 spiro atoms. The minimum Gasteiger partial charge on any atom is -0.455 e. The minimum atomic E-state index is -0.442. The molecule has 0 bridgehead atoms. The Morgan fingerprint density at radius 2 is 1.75 bits per heavy atom. The van der Waals surface area contributed by atoms with Gasteiger partial charge in [-0.1, -0.05) is 36.4 Å². The van der Waals surface area contributed by atoms with E-state index < -0.39 is 5.91 Å². The van der Waals surface area contributed by atoms with Gasteiger partial charge in [0.25, 0.3) is 11.8 Å². The van der Waals surface area contributed by atoms with E-state index in [1.165, 1.54) is 12.3 Å². The van der Waals surface area contributed by atoms with Crippen LogP contribution in [0.2, 0.25) is 0 Å². The number of aromatic nitrogens is 1. The highest BCUT2D eigenvalue weighted by Crippen LogP contribution is 2.29. The fourth-order valence-electron chi connectivity index (χ4n) is 2.42. The van der Waals surface area contributed by atoms with Crippen molar-refractivity contribution in [3.8, 4) is 11.5 Å². The molecule has 0 atom stereocenters. The summed E-state index contributed by atoms with van der Waals surface area (Å²) in [6, 6.07) is 19.4. The highest BCUT2D eigenvalue weighted by atomic mass is 16.5. The number of nitrogens with one attached hydrogen (secondary N) is 2. The van der Waals surface area contributed by atoms with Crippen LogP contribution in [0.15, 0.2) is 85.6 Å². The maximum Gasteiger partial charge on any atom is 0.274 e. The van der Waals surface area contributed by atoms with Crippen LogP contribution in [0, 0.1) is 0 Å². The average Bonchev–Trinajstić information content (AvgIpc) is 2.74. The first kappa shape index (κ1) is 18.8. The molecule has 0 radical (unpaired) electrons. The topological polar surface area (TPSA) is 80.3 Å². The third kappa shape index (κ3) is 4.82. The Balaban J connectivity index is 1.77. The average molecular weight is 373 g/mol. The minimum absolute atomic E-state index is 0.126. The Bertz CT molecular complexity index is 987. The largest absolute Gasteiger partial charge is 0.455 e. The number of para-hydroxylation sites is 3. The molecule has 1 aromatic heterocycles. The van der Waals surface area contributed by atoms with Gasteiger partial charge in [-0.2, -0.15) is 0 Å². The van der Waals surface area contributed by atoms with Gasteiger partial charge in [0.15, 0.2) is 5.75 Å². The number of rotatable bonds is 7. The first-order valence-corrected chi connectivity index (χ1v) is 8.66. The van der Waals surface area contributed by atoms with E-state index in [9.17, 15) is 9.59 Å². The van der Waals surface area contributed by atoms with Gasteiger partial charge in [0.05, 0.1) is 5.69 Å². The van der Waals surface area contributed by atoms with Crippen LogP contribution in [0.25, 0.3) is 0 Å². The smallest absolute Gasteiger partial charge is 0.274 e. The summed E-state index contributed by atoms with van der Waals surface area (Å²) in [6.45, 7) is 3.89. The van der Waals surface area contributed by atoms with Crippen LogP contribution in [0.3, 0.4) is 0 Å². The molecule has 3 aromatic rings. The van der Waals surface area contributed by atoms with E-state index >= 15 is 0 Å². The summed E-state index contributed by atoms with van der Waals surface area (Å²) in [5.41, 5.74) is 0.969. The second kappa shape index (κ2) is 9.14. The zero-order valence-corrected chi connectivity index (χ0v) is 15.1. The van der Waals surface area contributed by atoms with Crippen LogP contribution in [-0.2, 0) is 0 Å². The van der Waals surface area contributed by atoms with E-state index in [-0.39, 0.29) is 11.6 Å². The molecule has 6 heteroatoms. The van der Waals surface area contributed by atoms with Crippen LogP contribution in [-0.4, -0.2) is 23.3 Å². The number of pyridine rings is 1. The Kier molecular flexibility index (Phi) is 6.15. The molecule has 2 amide bonds. The molecule has 1 heterocycles. The Hall–Kier alpha value is -3.93. The molecule has 3 rings (SSSR count). The number of hydrogen-bond acceptors (Lipinski definition) is 4. The second-order valence-corrected chi connectivity index (χ2v) is 5.79. The number of hydrogen-bond donors (Lipinski definition) is 2. The van der Waals surface area contributed by atoms with Crippen molar-refractivity contribution >= 4 is 17.5 Å². The van der Waals surface area contributed by atoms with Crippen LogP contribution in [0.1, 0.15) is 20.8 Å². The molecule has 0 aliphatic heterocycles. The molecular weight excluding hydrogens is 354 g/mol. The number of carbonyl (C=O) groups excluding carboxylic acids is 2. The second-order valence-electron chi connectivity index (χ2n) is 5.79. The van der Waals surface area contributed by atoms with Crippen molar-refractivity contribution in [2.24, 2.45) is 0 Å². The highest BCUT2D eigenvalue weighted by molar-refractivity contribution is 6.05. The predicted molar refractivity (Wildman–Crippen MR) is 108 cm³/mol. The quantitative estimate of drug-likeness (QED) is 0.613. The van der Waals surface area contributed by atoms with Gasteiger partial charge >= 0.3 is 0 Å². The molecule has 2 aromatic carbocycles. The molecule has 140 valence electrons. The molecule has 0 aliphatic carbocycles. The lowest BCUT2D eigenvalue weighted by Gasteiger charge is -2.12. The summed E-state index contributed by atoms with van der Waals surface area (Å²) in [4.78, 5) is 28.7. The summed E-state index contributed by atoms with van der Waals surface area (Å²) in [7, 11) is 0. The number of benzene rings is 2. The Labute approximate surface area is 162 Å². The summed E-state index contributed by atoms with van der Waals surface area (Å²) in [5, 5.41) is 5.45. The maximum absolute atomic E-state index is 12.6. The molecule has 0 aliphatic rings. The molecular formula is C22H19N3O3. The normalized spacial score (nSPS) is 10.0. The summed E-state index contributed by atoms with van der Waals surface area (Å²) in [5.74, 6) is 0.414. The Morgan fingerprint density at radius 1 is 1.00 bits per heavy atom. The zero-order chi connectivity index (χ0) is 19.8. The number of nitrogens with zero attached hydrogens (tertiary/aromatic N) is 1. The number of ether oxygens (including phenoxy) is 1. The third-order valence-corrected chi connectivity index (χ3v) is 3.77. The van der Waals surface area contributed by atoms with Gasteiger partial charge in [-0.05, 0) is 36.4 Å². The van der Waals surface area contributed by atoms with Crippen LogP contribution in [0.5, 0.6) is 11.5 Å². The molecule has 0 saturated carbocycles. The first-order valence-electron chi connectivity index (χ1n) is 8.66. The summed E-state index contributed by atoms with van der Waals surface area (Å²) >= 11 is 0. The molecule has 0 unspecified atom stereocenters. The number of amides is 2. The standard InChI is InChI=1S/C22H19N3O3/c1-2-13-24-21(26)16-12-14-23-19(15-16)22(27)25-18-10-6-7-11-20(18)28-17-8-4-3-5-9-17/h2-12,14-15H,1,13H2,(H,24,26)(H,25,27). The van der Waals surface area contributed by atoms with Crippen molar-refractivity contribution in [3.63, 3.8) is 0 Å². The molecule has 28 heavy (non-hydrogen) atoms. The van der Waals surface area contributed by atoms with Crippen LogP contribution < -0.4 is 15.4 Å². The van der Waals surface area contributed by atoms with Gasteiger partial charge < -0.3 is 15.4 Å². The fourth-order valence-corrected chi connectivity index (χ4v) is 2.42.